The second-order valence-electron chi connectivity index (χ2n) is 4.75. The Bertz CT molecular complexity index is 647. The van der Waals surface area contributed by atoms with E-state index >= 15 is 0 Å². The quantitative estimate of drug-likeness (QED) is 0.878. The van der Waals surface area contributed by atoms with Gasteiger partial charge in [-0.1, -0.05) is 42.0 Å². The van der Waals surface area contributed by atoms with Crippen LogP contribution in [-0.4, -0.2) is 19.0 Å². The van der Waals surface area contributed by atoms with Crippen LogP contribution in [0.3, 0.4) is 0 Å². The number of carbonyl (C=O) groups is 2. The van der Waals surface area contributed by atoms with Crippen LogP contribution in [0.1, 0.15) is 21.5 Å². The van der Waals surface area contributed by atoms with Crippen molar-refractivity contribution in [3.05, 3.63) is 65.2 Å². The van der Waals surface area contributed by atoms with Crippen LogP contribution in [0.25, 0.3) is 0 Å². The molecule has 0 heterocycles. The maximum absolute atomic E-state index is 12.1. The summed E-state index contributed by atoms with van der Waals surface area (Å²) >= 11 is 0. The lowest BCUT2D eigenvalue weighted by Crippen LogP contribution is -2.17. The predicted octanol–water partition coefficient (Wildman–Crippen LogP) is 2.96. The van der Waals surface area contributed by atoms with Crippen molar-refractivity contribution in [2.45, 2.75) is 13.3 Å². The van der Waals surface area contributed by atoms with E-state index in [1.807, 2.05) is 31.2 Å². The minimum atomic E-state index is -0.471. The Labute approximate surface area is 123 Å². The molecule has 0 saturated heterocycles. The van der Waals surface area contributed by atoms with E-state index in [9.17, 15) is 9.59 Å². The fraction of sp³-hybridized carbons (Fsp3) is 0.176. The molecule has 0 atom stereocenters. The van der Waals surface area contributed by atoms with Crippen LogP contribution in [0.5, 0.6) is 0 Å². The van der Waals surface area contributed by atoms with Crippen molar-refractivity contribution in [3.63, 3.8) is 0 Å². The van der Waals surface area contributed by atoms with Gasteiger partial charge < -0.3 is 10.1 Å². The fourth-order valence-corrected chi connectivity index (χ4v) is 1.97. The second-order valence-corrected chi connectivity index (χ2v) is 4.75. The molecule has 21 heavy (non-hydrogen) atoms. The third kappa shape index (κ3) is 3.92. The Kier molecular flexibility index (Phi) is 4.72. The van der Waals surface area contributed by atoms with Gasteiger partial charge in [-0.15, -0.1) is 0 Å². The van der Waals surface area contributed by atoms with Crippen molar-refractivity contribution in [2.24, 2.45) is 0 Å². The first-order valence-electron chi connectivity index (χ1n) is 6.63. The molecule has 2 aromatic carbocycles. The maximum Gasteiger partial charge on any atom is 0.339 e. The van der Waals surface area contributed by atoms with E-state index in [1.54, 1.807) is 24.3 Å². The molecule has 0 aliphatic carbocycles. The average molecular weight is 283 g/mol. The number of nitrogens with one attached hydrogen (secondary N) is 1. The van der Waals surface area contributed by atoms with Gasteiger partial charge in [-0.25, -0.2) is 4.79 Å². The highest BCUT2D eigenvalue weighted by Crippen LogP contribution is 2.16. The number of esters is 1. The van der Waals surface area contributed by atoms with E-state index in [0.717, 1.165) is 11.1 Å². The van der Waals surface area contributed by atoms with Crippen LogP contribution in [0.15, 0.2) is 48.5 Å². The highest BCUT2D eigenvalue weighted by molar-refractivity contribution is 6.01. The van der Waals surface area contributed by atoms with Gasteiger partial charge in [0, 0.05) is 0 Å². The number of benzene rings is 2. The molecule has 2 rings (SSSR count). The summed E-state index contributed by atoms with van der Waals surface area (Å²) in [5.74, 6) is -0.642. The van der Waals surface area contributed by atoms with E-state index < -0.39 is 5.97 Å². The monoisotopic (exact) mass is 283 g/mol. The van der Waals surface area contributed by atoms with Crippen LogP contribution < -0.4 is 5.32 Å². The summed E-state index contributed by atoms with van der Waals surface area (Å²) in [7, 11) is 1.31. The summed E-state index contributed by atoms with van der Waals surface area (Å²) < 4.78 is 4.70. The Morgan fingerprint density at radius 3 is 2.38 bits per heavy atom. The number of hydrogen-bond donors (Lipinski definition) is 1. The zero-order valence-corrected chi connectivity index (χ0v) is 12.1. The Hall–Kier alpha value is -2.62. The Morgan fingerprint density at radius 1 is 1.05 bits per heavy atom. The summed E-state index contributed by atoms with van der Waals surface area (Å²) in [5, 5.41) is 2.75. The lowest BCUT2D eigenvalue weighted by Gasteiger charge is -2.09. The van der Waals surface area contributed by atoms with Crippen molar-refractivity contribution >= 4 is 17.6 Å². The van der Waals surface area contributed by atoms with Crippen LogP contribution in [0.2, 0.25) is 0 Å². The molecule has 2 aromatic rings. The van der Waals surface area contributed by atoms with Gasteiger partial charge in [0.2, 0.25) is 5.91 Å². The molecule has 0 bridgehead atoms. The minimum absolute atomic E-state index is 0.171. The lowest BCUT2D eigenvalue weighted by atomic mass is 10.1. The Morgan fingerprint density at radius 2 is 1.71 bits per heavy atom. The van der Waals surface area contributed by atoms with Gasteiger partial charge in [0.25, 0.3) is 0 Å². The van der Waals surface area contributed by atoms with Crippen LogP contribution in [0, 0.1) is 6.92 Å². The molecule has 0 fully saturated rings. The van der Waals surface area contributed by atoms with Crippen LogP contribution in [-0.2, 0) is 16.0 Å². The van der Waals surface area contributed by atoms with Gasteiger partial charge in [-0.3, -0.25) is 4.79 Å². The molecule has 0 aliphatic heterocycles. The van der Waals surface area contributed by atoms with Crippen molar-refractivity contribution in [1.82, 2.24) is 0 Å². The smallest absolute Gasteiger partial charge is 0.339 e. The van der Waals surface area contributed by atoms with Crippen LogP contribution in [0.4, 0.5) is 5.69 Å². The molecule has 1 N–H and O–H groups in total. The number of anilines is 1. The second kappa shape index (κ2) is 6.70. The number of rotatable bonds is 4. The van der Waals surface area contributed by atoms with E-state index in [2.05, 4.69) is 5.32 Å². The van der Waals surface area contributed by atoms with Gasteiger partial charge in [-0.05, 0) is 24.6 Å². The first-order chi connectivity index (χ1) is 10.1. The molecule has 4 heteroatoms. The third-order valence-corrected chi connectivity index (χ3v) is 3.09. The number of carbonyl (C=O) groups excluding carboxylic acids is 2. The fourth-order valence-electron chi connectivity index (χ4n) is 1.97. The van der Waals surface area contributed by atoms with E-state index in [4.69, 9.17) is 4.74 Å². The first kappa shape index (κ1) is 14.8. The van der Waals surface area contributed by atoms with E-state index in [-0.39, 0.29) is 12.3 Å². The van der Waals surface area contributed by atoms with Gasteiger partial charge in [0.15, 0.2) is 0 Å². The molecule has 0 unspecified atom stereocenters. The van der Waals surface area contributed by atoms with Crippen molar-refractivity contribution < 1.29 is 14.3 Å². The molecule has 1 amide bonds. The summed E-state index contributed by atoms with van der Waals surface area (Å²) in [5.41, 5.74) is 2.88. The minimum Gasteiger partial charge on any atom is -0.465 e. The zero-order valence-electron chi connectivity index (χ0n) is 12.1. The molecule has 0 spiro atoms. The molecule has 0 aromatic heterocycles. The zero-order chi connectivity index (χ0) is 15.2. The largest absolute Gasteiger partial charge is 0.465 e. The van der Waals surface area contributed by atoms with Crippen molar-refractivity contribution in [2.75, 3.05) is 12.4 Å². The molecule has 108 valence electrons. The molecule has 0 aliphatic rings. The van der Waals surface area contributed by atoms with E-state index in [0.29, 0.717) is 11.3 Å². The number of amides is 1. The standard InChI is InChI=1S/C17H17NO3/c1-12-7-9-13(10-8-12)11-16(19)18-15-6-4-3-5-14(15)17(20)21-2/h3-10H,11H2,1-2H3,(H,18,19). The molecule has 0 radical (unpaired) electrons. The average Bonchev–Trinajstić information content (AvgIpc) is 2.49. The molecular formula is C17H17NO3. The number of para-hydroxylation sites is 1. The highest BCUT2D eigenvalue weighted by Gasteiger charge is 2.13. The van der Waals surface area contributed by atoms with Gasteiger partial charge in [0.05, 0.1) is 24.8 Å². The van der Waals surface area contributed by atoms with Crippen LogP contribution >= 0.6 is 0 Å². The Balaban J connectivity index is 2.09. The molecule has 0 saturated carbocycles. The SMILES string of the molecule is COC(=O)c1ccccc1NC(=O)Cc1ccc(C)cc1. The topological polar surface area (TPSA) is 55.4 Å². The third-order valence-electron chi connectivity index (χ3n) is 3.09. The number of ether oxygens (including phenoxy) is 1. The maximum atomic E-state index is 12.1. The lowest BCUT2D eigenvalue weighted by molar-refractivity contribution is -0.115. The van der Waals surface area contributed by atoms with Gasteiger partial charge >= 0.3 is 5.97 Å². The summed E-state index contributed by atoms with van der Waals surface area (Å²) in [6.45, 7) is 2.00. The number of hydrogen-bond acceptors (Lipinski definition) is 3. The molecule has 4 nitrogen and oxygen atoms in total. The van der Waals surface area contributed by atoms with E-state index in [1.165, 1.54) is 7.11 Å². The first-order valence-corrected chi connectivity index (χ1v) is 6.63. The van der Waals surface area contributed by atoms with Crippen molar-refractivity contribution in [1.29, 1.82) is 0 Å². The predicted molar refractivity (Wildman–Crippen MR) is 81.3 cm³/mol. The number of methoxy groups -OCH3 is 1. The normalized spacial score (nSPS) is 10.0. The molecular weight excluding hydrogens is 266 g/mol. The summed E-state index contributed by atoms with van der Waals surface area (Å²) in [6, 6.07) is 14.5. The van der Waals surface area contributed by atoms with Gasteiger partial charge in [-0.2, -0.15) is 0 Å². The summed E-state index contributed by atoms with van der Waals surface area (Å²) in [6.07, 6.45) is 0.260. The summed E-state index contributed by atoms with van der Waals surface area (Å²) in [4.78, 5) is 23.7. The highest BCUT2D eigenvalue weighted by atomic mass is 16.5. The van der Waals surface area contributed by atoms with Crippen molar-refractivity contribution in [3.8, 4) is 0 Å². The van der Waals surface area contributed by atoms with Gasteiger partial charge in [0.1, 0.15) is 0 Å². The number of aryl methyl sites for hydroxylation is 1.